The van der Waals surface area contributed by atoms with E-state index in [9.17, 15) is 9.59 Å². The van der Waals surface area contributed by atoms with Gasteiger partial charge in [0.25, 0.3) is 0 Å². The maximum absolute atomic E-state index is 12.3. The lowest BCUT2D eigenvalue weighted by molar-refractivity contribution is -0.110. The van der Waals surface area contributed by atoms with Crippen molar-refractivity contribution in [3.05, 3.63) is 29.0 Å². The van der Waals surface area contributed by atoms with Gasteiger partial charge in [-0.3, -0.25) is 4.90 Å². The molecule has 21 heavy (non-hydrogen) atoms. The number of pyridine rings is 1. The number of hydrogen-bond donors (Lipinski definition) is 0. The lowest BCUT2D eigenvalue weighted by atomic mass is 9.93. The first-order chi connectivity index (χ1) is 9.58. The maximum atomic E-state index is 12.3. The molecule has 0 aliphatic rings. The molecule has 0 saturated carbocycles. The number of hydrogen-bond acceptors (Lipinski definition) is 4. The van der Waals surface area contributed by atoms with Crippen molar-refractivity contribution >= 4 is 24.0 Å². The molecule has 0 unspecified atom stereocenters. The summed E-state index contributed by atoms with van der Waals surface area (Å²) in [5, 5.41) is 0.329. The molecule has 0 aromatic carbocycles. The molecule has 6 heteroatoms. The SMILES string of the molecule is CC(C)(C)OC(=O)N(CC=O)C(C)(C)c1ccnc(Cl)c1. The smallest absolute Gasteiger partial charge is 0.411 e. The van der Waals surface area contributed by atoms with Crippen LogP contribution in [-0.2, 0) is 15.1 Å². The highest BCUT2D eigenvalue weighted by atomic mass is 35.5. The summed E-state index contributed by atoms with van der Waals surface area (Å²) in [6, 6.07) is 3.43. The van der Waals surface area contributed by atoms with E-state index >= 15 is 0 Å². The van der Waals surface area contributed by atoms with Gasteiger partial charge in [-0.2, -0.15) is 0 Å². The van der Waals surface area contributed by atoms with E-state index in [1.165, 1.54) is 4.90 Å². The van der Waals surface area contributed by atoms with Crippen molar-refractivity contribution in [2.45, 2.75) is 45.8 Å². The first-order valence-electron chi connectivity index (χ1n) is 6.64. The molecule has 0 radical (unpaired) electrons. The van der Waals surface area contributed by atoms with Crippen LogP contribution in [0.4, 0.5) is 4.79 Å². The molecule has 1 amide bonds. The molecule has 1 rings (SSSR count). The summed E-state index contributed by atoms with van der Waals surface area (Å²) < 4.78 is 5.37. The Morgan fingerprint density at radius 2 is 2.00 bits per heavy atom. The van der Waals surface area contributed by atoms with Crippen molar-refractivity contribution in [2.24, 2.45) is 0 Å². The minimum absolute atomic E-state index is 0.0676. The summed E-state index contributed by atoms with van der Waals surface area (Å²) in [4.78, 5) is 28.6. The van der Waals surface area contributed by atoms with E-state index in [0.717, 1.165) is 5.56 Å². The Morgan fingerprint density at radius 3 is 2.48 bits per heavy atom. The van der Waals surface area contributed by atoms with Crippen LogP contribution in [0.3, 0.4) is 0 Å². The summed E-state index contributed by atoms with van der Waals surface area (Å²) in [6.07, 6.45) is 1.69. The van der Waals surface area contributed by atoms with E-state index in [0.29, 0.717) is 11.4 Å². The fourth-order valence-electron chi connectivity index (χ4n) is 1.86. The van der Waals surface area contributed by atoms with Crippen molar-refractivity contribution < 1.29 is 14.3 Å². The quantitative estimate of drug-likeness (QED) is 0.631. The Balaban J connectivity index is 3.13. The van der Waals surface area contributed by atoms with Crippen LogP contribution in [0.25, 0.3) is 0 Å². The lowest BCUT2D eigenvalue weighted by Gasteiger charge is -2.38. The summed E-state index contributed by atoms with van der Waals surface area (Å²) in [7, 11) is 0. The van der Waals surface area contributed by atoms with Crippen LogP contribution in [0, 0.1) is 0 Å². The zero-order valence-corrected chi connectivity index (χ0v) is 13.8. The first kappa shape index (κ1) is 17.4. The van der Waals surface area contributed by atoms with Crippen LogP contribution in [0.2, 0.25) is 5.15 Å². The van der Waals surface area contributed by atoms with Crippen LogP contribution < -0.4 is 0 Å². The largest absolute Gasteiger partial charge is 0.444 e. The molecule has 0 N–H and O–H groups in total. The normalized spacial score (nSPS) is 11.9. The highest BCUT2D eigenvalue weighted by Gasteiger charge is 2.35. The molecule has 0 spiro atoms. The standard InChI is InChI=1S/C15H21ClN2O3/c1-14(2,3)21-13(20)18(8-9-19)15(4,5)11-6-7-17-12(16)10-11/h6-7,9-10H,8H2,1-5H3. The molecular formula is C15H21ClN2O3. The second-order valence-electron chi connectivity index (χ2n) is 6.18. The number of halogens is 1. The van der Waals surface area contributed by atoms with Crippen molar-refractivity contribution in [2.75, 3.05) is 6.54 Å². The molecule has 0 aliphatic carbocycles. The number of ether oxygens (including phenoxy) is 1. The minimum atomic E-state index is -0.754. The van der Waals surface area contributed by atoms with Crippen LogP contribution in [0.1, 0.15) is 40.2 Å². The highest BCUT2D eigenvalue weighted by molar-refractivity contribution is 6.29. The van der Waals surface area contributed by atoms with Crippen molar-refractivity contribution in [1.82, 2.24) is 9.88 Å². The van der Waals surface area contributed by atoms with Gasteiger partial charge in [0.05, 0.1) is 12.1 Å². The summed E-state index contributed by atoms with van der Waals surface area (Å²) in [5.41, 5.74) is -0.616. The van der Waals surface area contributed by atoms with Crippen LogP contribution in [-0.4, -0.2) is 34.4 Å². The molecule has 1 aromatic rings. The first-order valence-corrected chi connectivity index (χ1v) is 7.02. The van der Waals surface area contributed by atoms with Crippen molar-refractivity contribution in [1.29, 1.82) is 0 Å². The van der Waals surface area contributed by atoms with Gasteiger partial charge in [-0.15, -0.1) is 0 Å². The topological polar surface area (TPSA) is 59.5 Å². The second-order valence-corrected chi connectivity index (χ2v) is 6.57. The zero-order chi connectivity index (χ0) is 16.3. The Labute approximate surface area is 130 Å². The monoisotopic (exact) mass is 312 g/mol. The maximum Gasteiger partial charge on any atom is 0.411 e. The molecule has 1 heterocycles. The van der Waals surface area contributed by atoms with Gasteiger partial charge in [0.2, 0.25) is 0 Å². The number of rotatable bonds is 4. The van der Waals surface area contributed by atoms with Gasteiger partial charge in [-0.25, -0.2) is 9.78 Å². The van der Waals surface area contributed by atoms with Crippen LogP contribution in [0.15, 0.2) is 18.3 Å². The third-order valence-corrected chi connectivity index (χ3v) is 3.19. The van der Waals surface area contributed by atoms with Gasteiger partial charge in [0, 0.05) is 6.20 Å². The van der Waals surface area contributed by atoms with Gasteiger partial charge < -0.3 is 9.53 Å². The Bertz CT molecular complexity index is 524. The number of amides is 1. The lowest BCUT2D eigenvalue weighted by Crippen LogP contribution is -2.48. The van der Waals surface area contributed by atoms with E-state index in [4.69, 9.17) is 16.3 Å². The zero-order valence-electron chi connectivity index (χ0n) is 13.0. The molecule has 0 fully saturated rings. The third-order valence-electron chi connectivity index (χ3n) is 2.98. The molecule has 0 bridgehead atoms. The van der Waals surface area contributed by atoms with Gasteiger partial charge in [0.15, 0.2) is 0 Å². The highest BCUT2D eigenvalue weighted by Crippen LogP contribution is 2.30. The van der Waals surface area contributed by atoms with E-state index < -0.39 is 17.2 Å². The van der Waals surface area contributed by atoms with Crippen molar-refractivity contribution in [3.8, 4) is 0 Å². The molecular weight excluding hydrogens is 292 g/mol. The minimum Gasteiger partial charge on any atom is -0.444 e. The number of carbonyl (C=O) groups excluding carboxylic acids is 2. The second kappa shape index (κ2) is 6.43. The fraction of sp³-hybridized carbons (Fsp3) is 0.533. The summed E-state index contributed by atoms with van der Waals surface area (Å²) in [5.74, 6) is 0. The Hall–Kier alpha value is -1.62. The van der Waals surface area contributed by atoms with Crippen LogP contribution in [0.5, 0.6) is 0 Å². The average Bonchev–Trinajstić information content (AvgIpc) is 2.33. The van der Waals surface area contributed by atoms with Crippen LogP contribution >= 0.6 is 11.6 Å². The Morgan fingerprint density at radius 1 is 1.38 bits per heavy atom. The summed E-state index contributed by atoms with van der Waals surface area (Å²) >= 11 is 5.90. The number of nitrogens with zero attached hydrogens (tertiary/aromatic N) is 2. The predicted molar refractivity (Wildman–Crippen MR) is 81.3 cm³/mol. The van der Waals surface area contributed by atoms with Gasteiger partial charge in [0.1, 0.15) is 17.0 Å². The fourth-order valence-corrected chi connectivity index (χ4v) is 2.04. The molecule has 5 nitrogen and oxygen atoms in total. The van der Waals surface area contributed by atoms with Crippen molar-refractivity contribution in [3.63, 3.8) is 0 Å². The number of aromatic nitrogens is 1. The number of carbonyl (C=O) groups is 2. The predicted octanol–water partition coefficient (Wildman–Crippen LogP) is 3.41. The Kier molecular flexibility index (Phi) is 5.34. The van der Waals surface area contributed by atoms with Gasteiger partial charge in [-0.05, 0) is 52.3 Å². The average molecular weight is 313 g/mol. The third kappa shape index (κ3) is 4.70. The van der Waals surface area contributed by atoms with E-state index in [1.54, 1.807) is 39.1 Å². The summed E-state index contributed by atoms with van der Waals surface area (Å²) in [6.45, 7) is 8.92. The van der Waals surface area contributed by atoms with E-state index in [1.807, 2.05) is 13.8 Å². The van der Waals surface area contributed by atoms with Gasteiger partial charge in [-0.1, -0.05) is 11.6 Å². The number of aldehydes is 1. The molecule has 1 aromatic heterocycles. The van der Waals surface area contributed by atoms with E-state index in [-0.39, 0.29) is 6.54 Å². The molecule has 0 atom stereocenters. The van der Waals surface area contributed by atoms with Gasteiger partial charge >= 0.3 is 6.09 Å². The molecule has 0 aliphatic heterocycles. The molecule has 116 valence electrons. The molecule has 0 saturated heterocycles. The van der Waals surface area contributed by atoms with E-state index in [2.05, 4.69) is 4.98 Å².